The van der Waals surface area contributed by atoms with Crippen LogP contribution in [-0.2, 0) is 19.1 Å². The van der Waals surface area contributed by atoms with Crippen molar-refractivity contribution in [2.75, 3.05) is 33.4 Å². The molecule has 1 unspecified atom stereocenters. The van der Waals surface area contributed by atoms with Gasteiger partial charge >= 0.3 is 5.97 Å². The van der Waals surface area contributed by atoms with Crippen LogP contribution < -0.4 is 4.74 Å². The van der Waals surface area contributed by atoms with E-state index < -0.39 is 5.97 Å². The van der Waals surface area contributed by atoms with Crippen LogP contribution in [0.25, 0.3) is 11.6 Å². The van der Waals surface area contributed by atoms with E-state index in [-0.39, 0.29) is 18.6 Å². The van der Waals surface area contributed by atoms with Gasteiger partial charge in [-0.25, -0.2) is 4.79 Å². The van der Waals surface area contributed by atoms with Crippen molar-refractivity contribution in [3.63, 3.8) is 0 Å². The summed E-state index contributed by atoms with van der Waals surface area (Å²) in [6, 6.07) is 16.6. The molecule has 0 aliphatic carbocycles. The molecule has 3 rings (SSSR count). The van der Waals surface area contributed by atoms with Crippen molar-refractivity contribution < 1.29 is 23.8 Å². The molecule has 1 saturated heterocycles. The number of hydrogen-bond acceptors (Lipinski definition) is 5. The lowest BCUT2D eigenvalue weighted by atomic mass is 10.0. The highest BCUT2D eigenvalue weighted by atomic mass is 16.5. The zero-order valence-corrected chi connectivity index (χ0v) is 16.7. The Hall–Kier alpha value is -3.12. The van der Waals surface area contributed by atoms with E-state index in [1.807, 2.05) is 61.5 Å². The van der Waals surface area contributed by atoms with Crippen LogP contribution in [0, 0.1) is 0 Å². The van der Waals surface area contributed by atoms with Crippen LogP contribution in [0.4, 0.5) is 0 Å². The lowest BCUT2D eigenvalue weighted by Crippen LogP contribution is -2.46. The summed E-state index contributed by atoms with van der Waals surface area (Å²) in [4.78, 5) is 27.0. The van der Waals surface area contributed by atoms with Crippen LogP contribution in [0.15, 0.2) is 54.6 Å². The first kappa shape index (κ1) is 20.6. The van der Waals surface area contributed by atoms with Crippen molar-refractivity contribution in [2.24, 2.45) is 0 Å². The second kappa shape index (κ2) is 9.89. The number of ether oxygens (including phenoxy) is 3. The van der Waals surface area contributed by atoms with Gasteiger partial charge in [0, 0.05) is 18.7 Å². The quantitative estimate of drug-likeness (QED) is 0.427. The Balaban J connectivity index is 1.78. The summed E-state index contributed by atoms with van der Waals surface area (Å²) in [6.07, 6.45) is 1.70. The van der Waals surface area contributed by atoms with Crippen LogP contribution in [0.3, 0.4) is 0 Å². The summed E-state index contributed by atoms with van der Waals surface area (Å²) in [5.74, 6) is -0.137. The number of hydrogen-bond donors (Lipinski definition) is 0. The maximum Gasteiger partial charge on any atom is 0.339 e. The van der Waals surface area contributed by atoms with Crippen LogP contribution in [0.1, 0.15) is 18.1 Å². The maximum atomic E-state index is 12.9. The first-order valence-corrected chi connectivity index (χ1v) is 9.55. The third-order valence-corrected chi connectivity index (χ3v) is 4.66. The van der Waals surface area contributed by atoms with Gasteiger partial charge in [-0.1, -0.05) is 48.5 Å². The van der Waals surface area contributed by atoms with Gasteiger partial charge in [-0.2, -0.15) is 0 Å². The Morgan fingerprint density at radius 1 is 1.14 bits per heavy atom. The third kappa shape index (κ3) is 5.45. The molecule has 0 bridgehead atoms. The Bertz CT molecular complexity index is 878. The number of nitrogens with zero attached hydrogens (tertiary/aromatic N) is 1. The average molecular weight is 395 g/mol. The molecule has 1 aliphatic rings. The van der Waals surface area contributed by atoms with Gasteiger partial charge in [0.25, 0.3) is 5.91 Å². The number of carbonyl (C=O) groups is 2. The maximum absolute atomic E-state index is 12.9. The van der Waals surface area contributed by atoms with Gasteiger partial charge in [-0.3, -0.25) is 4.79 Å². The van der Waals surface area contributed by atoms with E-state index in [1.165, 1.54) is 0 Å². The van der Waals surface area contributed by atoms with Gasteiger partial charge in [-0.15, -0.1) is 0 Å². The molecule has 0 N–H and O–H groups in total. The molecule has 6 nitrogen and oxygen atoms in total. The Morgan fingerprint density at radius 3 is 2.59 bits per heavy atom. The molecular formula is C23H25NO5. The Labute approximate surface area is 170 Å². The number of carbonyl (C=O) groups excluding carboxylic acids is 2. The van der Waals surface area contributed by atoms with E-state index >= 15 is 0 Å². The minimum atomic E-state index is -0.559. The highest BCUT2D eigenvalue weighted by molar-refractivity contribution is 6.22. The molecule has 0 spiro atoms. The highest BCUT2D eigenvalue weighted by Crippen LogP contribution is 2.25. The molecule has 1 aliphatic heterocycles. The van der Waals surface area contributed by atoms with Gasteiger partial charge in [0.2, 0.25) is 0 Å². The fourth-order valence-electron chi connectivity index (χ4n) is 3.16. The van der Waals surface area contributed by atoms with Gasteiger partial charge in [-0.05, 0) is 24.6 Å². The summed E-state index contributed by atoms with van der Waals surface area (Å²) >= 11 is 0. The second-order valence-corrected chi connectivity index (χ2v) is 6.76. The van der Waals surface area contributed by atoms with Gasteiger partial charge in [0.15, 0.2) is 6.61 Å². The molecule has 1 fully saturated rings. The molecule has 2 aromatic rings. The SMILES string of the molecule is COc1ccccc1/C=C(/C(=O)OCC(=O)N1CCOC(C)C1)c1ccccc1. The predicted molar refractivity (Wildman–Crippen MR) is 110 cm³/mol. The van der Waals surface area contributed by atoms with Crippen molar-refractivity contribution in [1.29, 1.82) is 0 Å². The average Bonchev–Trinajstić information content (AvgIpc) is 2.76. The van der Waals surface area contributed by atoms with Crippen LogP contribution in [0.5, 0.6) is 5.75 Å². The van der Waals surface area contributed by atoms with Gasteiger partial charge < -0.3 is 19.1 Å². The van der Waals surface area contributed by atoms with Crippen molar-refractivity contribution >= 4 is 23.5 Å². The third-order valence-electron chi connectivity index (χ3n) is 4.66. The van der Waals surface area contributed by atoms with Crippen molar-refractivity contribution in [3.05, 3.63) is 65.7 Å². The second-order valence-electron chi connectivity index (χ2n) is 6.76. The summed E-state index contributed by atoms with van der Waals surface area (Å²) in [5.41, 5.74) is 1.81. The highest BCUT2D eigenvalue weighted by Gasteiger charge is 2.23. The zero-order valence-electron chi connectivity index (χ0n) is 16.7. The summed E-state index contributed by atoms with van der Waals surface area (Å²) in [6.45, 7) is 3.10. The van der Waals surface area contributed by atoms with Crippen molar-refractivity contribution in [1.82, 2.24) is 4.90 Å². The summed E-state index contributed by atoms with van der Waals surface area (Å²) < 4.78 is 16.2. The molecule has 152 valence electrons. The molecule has 0 radical (unpaired) electrons. The molecule has 0 aromatic heterocycles. The van der Waals surface area contributed by atoms with Crippen LogP contribution in [-0.4, -0.2) is 56.3 Å². The molecule has 2 aromatic carbocycles. The molecule has 1 atom stereocenters. The van der Waals surface area contributed by atoms with Crippen LogP contribution >= 0.6 is 0 Å². The Kier molecular flexibility index (Phi) is 7.03. The topological polar surface area (TPSA) is 65.1 Å². The van der Waals surface area contributed by atoms with Gasteiger partial charge in [0.05, 0.1) is 25.4 Å². The molecule has 29 heavy (non-hydrogen) atoms. The minimum Gasteiger partial charge on any atom is -0.496 e. The first-order valence-electron chi connectivity index (χ1n) is 9.55. The van der Waals surface area contributed by atoms with E-state index in [0.29, 0.717) is 36.6 Å². The lowest BCUT2D eigenvalue weighted by Gasteiger charge is -2.31. The zero-order chi connectivity index (χ0) is 20.6. The predicted octanol–water partition coefficient (Wildman–Crippen LogP) is 3.03. The van der Waals surface area contributed by atoms with E-state index in [0.717, 1.165) is 5.56 Å². The smallest absolute Gasteiger partial charge is 0.339 e. The van der Waals surface area contributed by atoms with Gasteiger partial charge in [0.1, 0.15) is 5.75 Å². The lowest BCUT2D eigenvalue weighted by molar-refractivity contribution is -0.151. The minimum absolute atomic E-state index is 0.0197. The van der Waals surface area contributed by atoms with Crippen LogP contribution in [0.2, 0.25) is 0 Å². The number of rotatable bonds is 6. The number of methoxy groups -OCH3 is 1. The number of morpholine rings is 1. The molecule has 1 heterocycles. The van der Waals surface area contributed by atoms with Crippen molar-refractivity contribution in [3.8, 4) is 5.75 Å². The number of para-hydroxylation sites is 1. The number of esters is 1. The monoisotopic (exact) mass is 395 g/mol. The fraction of sp³-hybridized carbons (Fsp3) is 0.304. The van der Waals surface area contributed by atoms with E-state index in [4.69, 9.17) is 14.2 Å². The molecular weight excluding hydrogens is 370 g/mol. The van der Waals surface area contributed by atoms with Crippen molar-refractivity contribution in [2.45, 2.75) is 13.0 Å². The molecule has 6 heteroatoms. The summed E-state index contributed by atoms with van der Waals surface area (Å²) in [5, 5.41) is 0. The van der Waals surface area contributed by atoms with E-state index in [2.05, 4.69) is 0 Å². The molecule has 0 saturated carbocycles. The Morgan fingerprint density at radius 2 is 1.86 bits per heavy atom. The first-order chi connectivity index (χ1) is 14.1. The normalized spacial score (nSPS) is 17.0. The van der Waals surface area contributed by atoms with E-state index in [9.17, 15) is 9.59 Å². The van der Waals surface area contributed by atoms with E-state index in [1.54, 1.807) is 18.1 Å². The molecule has 1 amide bonds. The largest absolute Gasteiger partial charge is 0.496 e. The standard InChI is InChI=1S/C23H25NO5/c1-17-15-24(12-13-28-17)22(25)16-29-23(26)20(18-8-4-3-5-9-18)14-19-10-6-7-11-21(19)27-2/h3-11,14,17H,12-13,15-16H2,1-2H3/b20-14+. The number of benzene rings is 2. The summed E-state index contributed by atoms with van der Waals surface area (Å²) in [7, 11) is 1.58. The fourth-order valence-corrected chi connectivity index (χ4v) is 3.16. The number of amides is 1.